The third-order valence-corrected chi connectivity index (χ3v) is 13.7. The Morgan fingerprint density at radius 3 is 1.21 bits per heavy atom. The summed E-state index contributed by atoms with van der Waals surface area (Å²) < 4.78 is 5.47. The van der Waals surface area contributed by atoms with Gasteiger partial charge >= 0.3 is 5.97 Å². The lowest BCUT2D eigenvalue weighted by Gasteiger charge is -2.22. The van der Waals surface area contributed by atoms with Crippen LogP contribution in [0.1, 0.15) is 322 Å². The normalized spacial score (nSPS) is 12.7. The Morgan fingerprint density at radius 1 is 0.424 bits per heavy atom. The van der Waals surface area contributed by atoms with Crippen molar-refractivity contribution in [2.24, 2.45) is 0 Å². The zero-order valence-electron chi connectivity index (χ0n) is 44.4. The number of unbranched alkanes of at least 4 members (excludes halogenated alkanes) is 40. The first-order chi connectivity index (χ1) is 32.5. The Labute approximate surface area is 411 Å². The van der Waals surface area contributed by atoms with Gasteiger partial charge in [0.05, 0.1) is 25.4 Å². The molecule has 6 nitrogen and oxygen atoms in total. The van der Waals surface area contributed by atoms with E-state index in [1.165, 1.54) is 238 Å². The molecule has 0 aromatic heterocycles. The van der Waals surface area contributed by atoms with E-state index in [4.69, 9.17) is 4.74 Å². The van der Waals surface area contributed by atoms with Crippen LogP contribution in [0.4, 0.5) is 0 Å². The number of aliphatic hydroxyl groups is 2. The van der Waals surface area contributed by atoms with Crippen LogP contribution >= 0.6 is 0 Å². The van der Waals surface area contributed by atoms with Crippen LogP contribution in [-0.4, -0.2) is 47.4 Å². The largest absolute Gasteiger partial charge is 0.466 e. The zero-order valence-corrected chi connectivity index (χ0v) is 44.4. The van der Waals surface area contributed by atoms with E-state index in [0.717, 1.165) is 51.4 Å². The van der Waals surface area contributed by atoms with Crippen LogP contribution in [-0.2, 0) is 14.3 Å². The number of aliphatic hydroxyl groups excluding tert-OH is 2. The van der Waals surface area contributed by atoms with E-state index in [1.807, 2.05) is 0 Å². The van der Waals surface area contributed by atoms with Gasteiger partial charge in [-0.25, -0.2) is 0 Å². The molecule has 0 saturated heterocycles. The molecule has 3 N–H and O–H groups in total. The number of carbonyl (C=O) groups excluding carboxylic acids is 2. The standard InChI is InChI=1S/C60H115NO5/c1-3-5-7-9-11-13-15-29-34-38-42-46-50-54-60(65)66-55-51-47-43-39-35-31-28-26-24-22-20-18-16-17-19-21-23-25-27-30-33-37-41-45-49-53-59(64)61-57(56-62)58(63)52-48-44-40-36-32-14-12-10-8-6-4-2/h7,9,13,15,57-58,62-63H,3-6,8,10-12,14,16-56H2,1-2H3,(H,61,64)/b9-7-,15-13-. The van der Waals surface area contributed by atoms with Crippen LogP contribution in [0.25, 0.3) is 0 Å². The highest BCUT2D eigenvalue weighted by Crippen LogP contribution is 2.18. The summed E-state index contributed by atoms with van der Waals surface area (Å²) in [5, 5.41) is 23.2. The highest BCUT2D eigenvalue weighted by molar-refractivity contribution is 5.76. The molecule has 0 aliphatic carbocycles. The summed E-state index contributed by atoms with van der Waals surface area (Å²) in [4.78, 5) is 24.5. The summed E-state index contributed by atoms with van der Waals surface area (Å²) in [5.41, 5.74) is 0. The molecule has 2 atom stereocenters. The van der Waals surface area contributed by atoms with Crippen molar-refractivity contribution >= 4 is 11.9 Å². The Bertz CT molecular complexity index is 1030. The summed E-state index contributed by atoms with van der Waals surface area (Å²) in [5.74, 6) is -0.0325. The summed E-state index contributed by atoms with van der Waals surface area (Å²) in [6, 6.07) is -0.538. The van der Waals surface area contributed by atoms with Crippen LogP contribution in [0.2, 0.25) is 0 Å². The van der Waals surface area contributed by atoms with Crippen molar-refractivity contribution in [3.8, 4) is 0 Å². The van der Waals surface area contributed by atoms with Gasteiger partial charge in [0.15, 0.2) is 0 Å². The minimum atomic E-state index is -0.661. The minimum absolute atomic E-state index is 0.00103. The number of amides is 1. The van der Waals surface area contributed by atoms with E-state index in [9.17, 15) is 19.8 Å². The molecular formula is C60H115NO5. The molecule has 66 heavy (non-hydrogen) atoms. The molecule has 0 aliphatic heterocycles. The Kier molecular flexibility index (Phi) is 54.5. The molecule has 0 saturated carbocycles. The minimum Gasteiger partial charge on any atom is -0.466 e. The zero-order chi connectivity index (χ0) is 47.9. The molecule has 0 aromatic rings. The van der Waals surface area contributed by atoms with Crippen molar-refractivity contribution in [2.45, 2.75) is 334 Å². The maximum absolute atomic E-state index is 12.4. The van der Waals surface area contributed by atoms with Crippen molar-refractivity contribution in [3.63, 3.8) is 0 Å². The van der Waals surface area contributed by atoms with E-state index < -0.39 is 12.1 Å². The summed E-state index contributed by atoms with van der Waals surface area (Å²) in [6.07, 6.45) is 67.6. The molecule has 0 rings (SSSR count). The van der Waals surface area contributed by atoms with Gasteiger partial charge in [-0.2, -0.15) is 0 Å². The van der Waals surface area contributed by atoms with Gasteiger partial charge in [0.1, 0.15) is 0 Å². The second-order valence-corrected chi connectivity index (χ2v) is 20.3. The topological polar surface area (TPSA) is 95.9 Å². The Balaban J connectivity index is 3.34. The van der Waals surface area contributed by atoms with Crippen LogP contribution in [0.3, 0.4) is 0 Å². The maximum atomic E-state index is 12.4. The Morgan fingerprint density at radius 2 is 0.788 bits per heavy atom. The average molecular weight is 931 g/mol. The predicted octanol–water partition coefficient (Wildman–Crippen LogP) is 18.2. The van der Waals surface area contributed by atoms with E-state index in [1.54, 1.807) is 0 Å². The third kappa shape index (κ3) is 51.7. The number of nitrogens with one attached hydrogen (secondary N) is 1. The number of hydrogen-bond acceptors (Lipinski definition) is 5. The fourth-order valence-corrected chi connectivity index (χ4v) is 9.21. The van der Waals surface area contributed by atoms with Crippen LogP contribution < -0.4 is 5.32 Å². The van der Waals surface area contributed by atoms with Gasteiger partial charge in [-0.05, 0) is 51.4 Å². The lowest BCUT2D eigenvalue weighted by atomic mass is 10.0. The molecular weight excluding hydrogens is 815 g/mol. The molecule has 0 spiro atoms. The summed E-state index contributed by atoms with van der Waals surface area (Å²) >= 11 is 0. The highest BCUT2D eigenvalue weighted by Gasteiger charge is 2.20. The lowest BCUT2D eigenvalue weighted by Crippen LogP contribution is -2.45. The van der Waals surface area contributed by atoms with Crippen molar-refractivity contribution in [3.05, 3.63) is 24.3 Å². The maximum Gasteiger partial charge on any atom is 0.305 e. The van der Waals surface area contributed by atoms with Crippen molar-refractivity contribution in [2.75, 3.05) is 13.2 Å². The van der Waals surface area contributed by atoms with E-state index in [2.05, 4.69) is 43.5 Å². The van der Waals surface area contributed by atoms with Gasteiger partial charge in [0, 0.05) is 12.8 Å². The molecule has 6 heteroatoms. The number of esters is 1. The SMILES string of the molecule is CCC/C=C\C/C=C\CCCCCCCC(=O)OCCCCCCCCCCCCCCCCCCCCCCCCCCCC(=O)NC(CO)C(O)CCCCCCCCCCCCC. The summed E-state index contributed by atoms with van der Waals surface area (Å²) in [7, 11) is 0. The van der Waals surface area contributed by atoms with Gasteiger partial charge in [-0.1, -0.05) is 282 Å². The van der Waals surface area contributed by atoms with Crippen molar-refractivity contribution in [1.29, 1.82) is 0 Å². The molecule has 0 aliphatic rings. The lowest BCUT2D eigenvalue weighted by molar-refractivity contribution is -0.143. The van der Waals surface area contributed by atoms with E-state index in [0.29, 0.717) is 25.9 Å². The number of ether oxygens (including phenoxy) is 1. The first-order valence-electron chi connectivity index (χ1n) is 29.6. The van der Waals surface area contributed by atoms with Crippen molar-refractivity contribution in [1.82, 2.24) is 5.32 Å². The van der Waals surface area contributed by atoms with Gasteiger partial charge in [0.25, 0.3) is 0 Å². The first-order valence-corrected chi connectivity index (χ1v) is 29.6. The summed E-state index contributed by atoms with van der Waals surface area (Å²) in [6.45, 7) is 4.89. The first kappa shape index (κ1) is 64.3. The van der Waals surface area contributed by atoms with Gasteiger partial charge in [-0.3, -0.25) is 9.59 Å². The molecule has 0 aromatic carbocycles. The smallest absolute Gasteiger partial charge is 0.305 e. The molecule has 0 radical (unpaired) electrons. The second kappa shape index (κ2) is 55.9. The van der Waals surface area contributed by atoms with Gasteiger partial charge in [-0.15, -0.1) is 0 Å². The fourth-order valence-electron chi connectivity index (χ4n) is 9.21. The van der Waals surface area contributed by atoms with E-state index >= 15 is 0 Å². The van der Waals surface area contributed by atoms with Crippen LogP contribution in [0.15, 0.2) is 24.3 Å². The second-order valence-electron chi connectivity index (χ2n) is 20.3. The molecule has 0 heterocycles. The molecule has 0 bridgehead atoms. The number of allylic oxidation sites excluding steroid dienone is 4. The molecule has 0 fully saturated rings. The highest BCUT2D eigenvalue weighted by atomic mass is 16.5. The van der Waals surface area contributed by atoms with Crippen molar-refractivity contribution < 1.29 is 24.5 Å². The number of rotatable bonds is 55. The quantitative estimate of drug-likeness (QED) is 0.0321. The fraction of sp³-hybridized carbons (Fsp3) is 0.900. The van der Waals surface area contributed by atoms with Crippen LogP contribution in [0, 0.1) is 0 Å². The molecule has 1 amide bonds. The average Bonchev–Trinajstić information content (AvgIpc) is 3.32. The third-order valence-electron chi connectivity index (χ3n) is 13.7. The molecule has 2 unspecified atom stereocenters. The van der Waals surface area contributed by atoms with Crippen LogP contribution in [0.5, 0.6) is 0 Å². The predicted molar refractivity (Wildman–Crippen MR) is 287 cm³/mol. The van der Waals surface area contributed by atoms with E-state index in [-0.39, 0.29) is 18.5 Å². The van der Waals surface area contributed by atoms with Gasteiger partial charge < -0.3 is 20.3 Å². The Hall–Kier alpha value is -1.66. The number of carbonyl (C=O) groups is 2. The molecule has 390 valence electrons. The van der Waals surface area contributed by atoms with Gasteiger partial charge in [0.2, 0.25) is 5.91 Å². The monoisotopic (exact) mass is 930 g/mol. The number of hydrogen-bond donors (Lipinski definition) is 3.